The first kappa shape index (κ1) is 19.1. The Balaban J connectivity index is 1.54. The summed E-state index contributed by atoms with van der Waals surface area (Å²) in [4.78, 5) is 24.5. The Hall–Kier alpha value is -2.66. The highest BCUT2D eigenvalue weighted by Crippen LogP contribution is 2.16. The number of carbonyl (C=O) groups excluding carboxylic acids is 2. The molecule has 2 aromatic carbocycles. The molecule has 1 heterocycles. The van der Waals surface area contributed by atoms with E-state index in [0.29, 0.717) is 29.3 Å². The number of benzene rings is 2. The molecule has 0 radical (unpaired) electrons. The lowest BCUT2D eigenvalue weighted by Crippen LogP contribution is -2.31. The lowest BCUT2D eigenvalue weighted by Gasteiger charge is -2.11. The number of hydrogen-bond acceptors (Lipinski definition) is 3. The average Bonchev–Trinajstić information content (AvgIpc) is 3.20. The van der Waals surface area contributed by atoms with E-state index in [-0.39, 0.29) is 17.9 Å². The van der Waals surface area contributed by atoms with Gasteiger partial charge in [0.25, 0.3) is 11.8 Å². The van der Waals surface area contributed by atoms with E-state index in [1.807, 2.05) is 24.3 Å². The van der Waals surface area contributed by atoms with Gasteiger partial charge in [-0.25, -0.2) is 0 Å². The van der Waals surface area contributed by atoms with Crippen molar-refractivity contribution in [3.05, 3.63) is 65.2 Å². The van der Waals surface area contributed by atoms with Gasteiger partial charge < -0.3 is 15.4 Å². The molecule has 0 spiro atoms. The van der Waals surface area contributed by atoms with Crippen LogP contribution in [0.5, 0.6) is 0 Å². The van der Waals surface area contributed by atoms with E-state index in [4.69, 9.17) is 4.74 Å². The zero-order chi connectivity index (χ0) is 19.2. The fraction of sp³-hybridized carbons (Fsp3) is 0.364. The van der Waals surface area contributed by atoms with E-state index in [9.17, 15) is 9.59 Å². The zero-order valence-corrected chi connectivity index (χ0v) is 15.8. The van der Waals surface area contributed by atoms with Crippen LogP contribution in [-0.2, 0) is 4.74 Å². The second kappa shape index (κ2) is 8.82. The van der Waals surface area contributed by atoms with Gasteiger partial charge in [0.1, 0.15) is 0 Å². The maximum Gasteiger partial charge on any atom is 0.255 e. The summed E-state index contributed by atoms with van der Waals surface area (Å²) < 4.78 is 5.50. The maximum absolute atomic E-state index is 12.4. The smallest absolute Gasteiger partial charge is 0.255 e. The molecule has 142 valence electrons. The van der Waals surface area contributed by atoms with E-state index in [0.717, 1.165) is 19.4 Å². The van der Waals surface area contributed by atoms with Crippen molar-refractivity contribution in [1.82, 2.24) is 5.32 Å². The molecule has 2 amide bonds. The number of amides is 2. The summed E-state index contributed by atoms with van der Waals surface area (Å²) in [7, 11) is 0. The molecule has 2 aromatic rings. The summed E-state index contributed by atoms with van der Waals surface area (Å²) >= 11 is 0. The fourth-order valence-corrected chi connectivity index (χ4v) is 3.04. The van der Waals surface area contributed by atoms with Gasteiger partial charge >= 0.3 is 0 Å². The molecule has 5 heteroatoms. The fourth-order valence-electron chi connectivity index (χ4n) is 3.04. The van der Waals surface area contributed by atoms with Crippen LogP contribution in [-0.4, -0.2) is 31.1 Å². The highest BCUT2D eigenvalue weighted by atomic mass is 16.5. The predicted octanol–water partition coefficient (Wildman–Crippen LogP) is 3.97. The molecule has 0 unspecified atom stereocenters. The third-order valence-electron chi connectivity index (χ3n) is 4.76. The number of nitrogens with one attached hydrogen (secondary N) is 2. The first-order valence-electron chi connectivity index (χ1n) is 9.44. The van der Waals surface area contributed by atoms with E-state index in [2.05, 4.69) is 24.5 Å². The van der Waals surface area contributed by atoms with E-state index < -0.39 is 0 Å². The molecular weight excluding hydrogens is 340 g/mol. The van der Waals surface area contributed by atoms with Gasteiger partial charge in [-0.05, 0) is 60.7 Å². The first-order chi connectivity index (χ1) is 13.0. The molecule has 1 fully saturated rings. The third kappa shape index (κ3) is 5.17. The molecule has 3 rings (SSSR count). The largest absolute Gasteiger partial charge is 0.376 e. The lowest BCUT2D eigenvalue weighted by atomic mass is 10.0. The van der Waals surface area contributed by atoms with Gasteiger partial charge in [-0.2, -0.15) is 0 Å². The van der Waals surface area contributed by atoms with Crippen LogP contribution in [0.15, 0.2) is 48.5 Å². The van der Waals surface area contributed by atoms with Crippen LogP contribution in [0.1, 0.15) is 58.9 Å². The van der Waals surface area contributed by atoms with Crippen LogP contribution in [0.25, 0.3) is 0 Å². The summed E-state index contributed by atoms with van der Waals surface area (Å²) in [5.74, 6) is 0.134. The zero-order valence-electron chi connectivity index (χ0n) is 15.8. The maximum atomic E-state index is 12.4. The summed E-state index contributed by atoms with van der Waals surface area (Å²) in [6.07, 6.45) is 2.16. The van der Waals surface area contributed by atoms with Gasteiger partial charge in [-0.1, -0.05) is 26.0 Å². The number of carbonyl (C=O) groups is 2. The molecule has 1 saturated heterocycles. The SMILES string of the molecule is CC(C)c1ccc(C(=O)Nc2ccc(C(=O)NC[C@@H]3CCCO3)cc2)cc1. The van der Waals surface area contributed by atoms with Crippen LogP contribution >= 0.6 is 0 Å². The van der Waals surface area contributed by atoms with Crippen LogP contribution < -0.4 is 10.6 Å². The van der Waals surface area contributed by atoms with Gasteiger partial charge in [0.2, 0.25) is 0 Å². The van der Waals surface area contributed by atoms with Gasteiger partial charge in [-0.3, -0.25) is 9.59 Å². The average molecular weight is 366 g/mol. The number of rotatable bonds is 6. The van der Waals surface area contributed by atoms with Crippen molar-refractivity contribution in [3.8, 4) is 0 Å². The van der Waals surface area contributed by atoms with Crippen molar-refractivity contribution in [2.75, 3.05) is 18.5 Å². The van der Waals surface area contributed by atoms with Gasteiger partial charge in [0.05, 0.1) is 6.10 Å². The second-order valence-electron chi connectivity index (χ2n) is 7.15. The van der Waals surface area contributed by atoms with E-state index in [1.165, 1.54) is 5.56 Å². The molecule has 1 atom stereocenters. The summed E-state index contributed by atoms with van der Waals surface area (Å²) in [6.45, 7) is 5.54. The van der Waals surface area contributed by atoms with Crippen molar-refractivity contribution in [3.63, 3.8) is 0 Å². The van der Waals surface area contributed by atoms with E-state index in [1.54, 1.807) is 24.3 Å². The minimum atomic E-state index is -0.166. The highest BCUT2D eigenvalue weighted by molar-refractivity contribution is 6.04. The summed E-state index contributed by atoms with van der Waals surface area (Å²) in [5.41, 5.74) is 3.03. The quantitative estimate of drug-likeness (QED) is 0.813. The molecule has 0 aliphatic carbocycles. The Morgan fingerprint density at radius 2 is 1.63 bits per heavy atom. The normalized spacial score (nSPS) is 16.3. The number of ether oxygens (including phenoxy) is 1. The van der Waals surface area contributed by atoms with Crippen LogP contribution in [0.2, 0.25) is 0 Å². The Labute approximate surface area is 160 Å². The minimum Gasteiger partial charge on any atom is -0.376 e. The van der Waals surface area contributed by atoms with Gasteiger partial charge in [0.15, 0.2) is 0 Å². The number of hydrogen-bond donors (Lipinski definition) is 2. The van der Waals surface area contributed by atoms with E-state index >= 15 is 0 Å². The molecule has 0 bridgehead atoms. The third-order valence-corrected chi connectivity index (χ3v) is 4.76. The Morgan fingerprint density at radius 3 is 2.22 bits per heavy atom. The molecule has 2 N–H and O–H groups in total. The van der Waals surface area contributed by atoms with Crippen molar-refractivity contribution in [2.24, 2.45) is 0 Å². The molecule has 1 aliphatic heterocycles. The van der Waals surface area contributed by atoms with Crippen LogP contribution in [0.4, 0.5) is 5.69 Å². The van der Waals surface area contributed by atoms with Crippen LogP contribution in [0, 0.1) is 0 Å². The standard InChI is InChI=1S/C22H26N2O3/c1-15(2)16-5-7-18(8-6-16)22(26)24-19-11-9-17(10-12-19)21(25)23-14-20-4-3-13-27-20/h5-12,15,20H,3-4,13-14H2,1-2H3,(H,23,25)(H,24,26)/t20-/m0/s1. The van der Waals surface area contributed by atoms with Crippen molar-refractivity contribution >= 4 is 17.5 Å². The van der Waals surface area contributed by atoms with Gasteiger partial charge in [0, 0.05) is 30.0 Å². The molecule has 5 nitrogen and oxygen atoms in total. The molecule has 27 heavy (non-hydrogen) atoms. The van der Waals surface area contributed by atoms with Crippen molar-refractivity contribution in [1.29, 1.82) is 0 Å². The van der Waals surface area contributed by atoms with Crippen molar-refractivity contribution in [2.45, 2.75) is 38.7 Å². The minimum absolute atomic E-state index is 0.120. The summed E-state index contributed by atoms with van der Waals surface area (Å²) in [6, 6.07) is 14.5. The predicted molar refractivity (Wildman–Crippen MR) is 106 cm³/mol. The Morgan fingerprint density at radius 1 is 1.00 bits per heavy atom. The molecular formula is C22H26N2O3. The first-order valence-corrected chi connectivity index (χ1v) is 9.44. The molecule has 0 saturated carbocycles. The monoisotopic (exact) mass is 366 g/mol. The second-order valence-corrected chi connectivity index (χ2v) is 7.15. The summed E-state index contributed by atoms with van der Waals surface area (Å²) in [5, 5.41) is 5.75. The lowest BCUT2D eigenvalue weighted by molar-refractivity contribution is 0.0857. The highest BCUT2D eigenvalue weighted by Gasteiger charge is 2.16. The van der Waals surface area contributed by atoms with Gasteiger partial charge in [-0.15, -0.1) is 0 Å². The Kier molecular flexibility index (Phi) is 6.24. The molecule has 0 aromatic heterocycles. The van der Waals surface area contributed by atoms with Crippen molar-refractivity contribution < 1.29 is 14.3 Å². The topological polar surface area (TPSA) is 67.4 Å². The van der Waals surface area contributed by atoms with Crippen LogP contribution in [0.3, 0.4) is 0 Å². The Bertz CT molecular complexity index is 776. The molecule has 1 aliphatic rings. The number of anilines is 1.